The van der Waals surface area contributed by atoms with Gasteiger partial charge in [-0.15, -0.1) is 6.58 Å². The van der Waals surface area contributed by atoms with Crippen LogP contribution in [0.4, 0.5) is 0 Å². The highest BCUT2D eigenvalue weighted by molar-refractivity contribution is 4.88. The maximum absolute atomic E-state index is 3.87. The molecular formula is C15H32N2. The van der Waals surface area contributed by atoms with E-state index in [0.29, 0.717) is 18.0 Å². The molecule has 0 amide bonds. The second kappa shape index (κ2) is 7.17. The molecular weight excluding hydrogens is 208 g/mol. The minimum atomic E-state index is 0.194. The molecule has 0 spiro atoms. The Kier molecular flexibility index (Phi) is 7.03. The Labute approximate surface area is 108 Å². The Morgan fingerprint density at radius 2 is 1.71 bits per heavy atom. The van der Waals surface area contributed by atoms with Crippen LogP contribution in [0.5, 0.6) is 0 Å². The van der Waals surface area contributed by atoms with Crippen molar-refractivity contribution in [1.29, 1.82) is 0 Å². The van der Waals surface area contributed by atoms with E-state index in [1.165, 1.54) is 0 Å². The number of hydrogen-bond acceptors (Lipinski definition) is 2. The molecule has 0 saturated heterocycles. The van der Waals surface area contributed by atoms with Gasteiger partial charge < -0.3 is 5.32 Å². The van der Waals surface area contributed by atoms with Crippen molar-refractivity contribution < 1.29 is 0 Å². The van der Waals surface area contributed by atoms with Crippen molar-refractivity contribution in [2.45, 2.75) is 66.1 Å². The highest BCUT2D eigenvalue weighted by Crippen LogP contribution is 2.21. The van der Waals surface area contributed by atoms with E-state index in [4.69, 9.17) is 0 Å². The van der Waals surface area contributed by atoms with Crippen molar-refractivity contribution in [2.24, 2.45) is 5.92 Å². The quantitative estimate of drug-likeness (QED) is 0.687. The van der Waals surface area contributed by atoms with Crippen molar-refractivity contribution in [3.05, 3.63) is 12.7 Å². The molecule has 0 aromatic carbocycles. The van der Waals surface area contributed by atoms with Crippen molar-refractivity contribution >= 4 is 0 Å². The van der Waals surface area contributed by atoms with Crippen LogP contribution in [0.1, 0.15) is 48.5 Å². The third-order valence-corrected chi connectivity index (χ3v) is 3.35. The summed E-state index contributed by atoms with van der Waals surface area (Å²) in [5.74, 6) is 0.636. The molecule has 2 nitrogen and oxygen atoms in total. The maximum atomic E-state index is 3.87. The summed E-state index contributed by atoms with van der Waals surface area (Å²) in [5, 5.41) is 3.52. The zero-order valence-corrected chi connectivity index (χ0v) is 12.9. The van der Waals surface area contributed by atoms with Gasteiger partial charge in [-0.1, -0.05) is 26.8 Å². The van der Waals surface area contributed by atoms with Gasteiger partial charge in [0.05, 0.1) is 0 Å². The molecule has 2 unspecified atom stereocenters. The van der Waals surface area contributed by atoms with Gasteiger partial charge in [-0.05, 0) is 40.2 Å². The van der Waals surface area contributed by atoms with Crippen LogP contribution >= 0.6 is 0 Å². The Morgan fingerprint density at radius 3 is 2.06 bits per heavy atom. The van der Waals surface area contributed by atoms with Gasteiger partial charge in [-0.25, -0.2) is 0 Å². The van der Waals surface area contributed by atoms with Crippen molar-refractivity contribution in [2.75, 3.05) is 13.1 Å². The van der Waals surface area contributed by atoms with Gasteiger partial charge in [0.1, 0.15) is 0 Å². The number of rotatable bonds is 7. The molecule has 2 atom stereocenters. The molecule has 0 aromatic rings. The first-order valence-electron chi connectivity index (χ1n) is 6.81. The van der Waals surface area contributed by atoms with Gasteiger partial charge in [-0.3, -0.25) is 4.90 Å². The lowest BCUT2D eigenvalue weighted by atomic mass is 9.95. The smallest absolute Gasteiger partial charge is 0.0168 e. The molecule has 0 aliphatic carbocycles. The molecule has 102 valence electrons. The highest BCUT2D eigenvalue weighted by atomic mass is 15.2. The van der Waals surface area contributed by atoms with Crippen LogP contribution in [-0.2, 0) is 0 Å². The molecule has 2 heteroatoms. The lowest BCUT2D eigenvalue weighted by molar-refractivity contribution is 0.0751. The average Bonchev–Trinajstić information content (AvgIpc) is 2.19. The van der Waals surface area contributed by atoms with Crippen LogP contribution in [0.25, 0.3) is 0 Å². The summed E-state index contributed by atoms with van der Waals surface area (Å²) in [4.78, 5) is 2.52. The largest absolute Gasteiger partial charge is 0.314 e. The van der Waals surface area contributed by atoms with Crippen LogP contribution in [0.3, 0.4) is 0 Å². The summed E-state index contributed by atoms with van der Waals surface area (Å²) in [5.41, 5.74) is 0.194. The molecule has 0 fully saturated rings. The van der Waals surface area contributed by atoms with Crippen LogP contribution in [0.2, 0.25) is 0 Å². The highest BCUT2D eigenvalue weighted by Gasteiger charge is 2.28. The fraction of sp³-hybridized carbons (Fsp3) is 0.867. The summed E-state index contributed by atoms with van der Waals surface area (Å²) in [6.45, 7) is 21.8. The Hall–Kier alpha value is -0.340. The SMILES string of the molecule is C=CCN(C(C)C(C)CNC(C)C)C(C)(C)C. The van der Waals surface area contributed by atoms with E-state index >= 15 is 0 Å². The first-order chi connectivity index (χ1) is 7.70. The molecule has 0 saturated carbocycles. The minimum absolute atomic E-state index is 0.194. The van der Waals surface area contributed by atoms with Gasteiger partial charge in [-0.2, -0.15) is 0 Å². The first kappa shape index (κ1) is 16.7. The summed E-state index contributed by atoms with van der Waals surface area (Å²) < 4.78 is 0. The monoisotopic (exact) mass is 240 g/mol. The van der Waals surface area contributed by atoms with Crippen LogP contribution in [0, 0.1) is 5.92 Å². The van der Waals surface area contributed by atoms with Gasteiger partial charge in [0.15, 0.2) is 0 Å². The number of hydrogen-bond donors (Lipinski definition) is 1. The predicted octanol–water partition coefficient (Wildman–Crippen LogP) is 3.30. The van der Waals surface area contributed by atoms with Crippen molar-refractivity contribution in [1.82, 2.24) is 10.2 Å². The Bertz CT molecular complexity index is 215. The lowest BCUT2D eigenvalue weighted by Gasteiger charge is -2.42. The molecule has 0 bridgehead atoms. The molecule has 0 aliphatic rings. The van der Waals surface area contributed by atoms with E-state index in [0.717, 1.165) is 13.1 Å². The number of nitrogens with zero attached hydrogens (tertiary/aromatic N) is 1. The van der Waals surface area contributed by atoms with Crippen LogP contribution in [-0.4, -0.2) is 35.6 Å². The maximum Gasteiger partial charge on any atom is 0.0168 e. The van der Waals surface area contributed by atoms with Gasteiger partial charge in [0.25, 0.3) is 0 Å². The summed E-state index contributed by atoms with van der Waals surface area (Å²) in [6.07, 6.45) is 2.00. The van der Waals surface area contributed by atoms with Gasteiger partial charge >= 0.3 is 0 Å². The van der Waals surface area contributed by atoms with Gasteiger partial charge in [0.2, 0.25) is 0 Å². The zero-order chi connectivity index (χ0) is 13.6. The van der Waals surface area contributed by atoms with Gasteiger partial charge in [0, 0.05) is 24.2 Å². The van der Waals surface area contributed by atoms with Crippen molar-refractivity contribution in [3.63, 3.8) is 0 Å². The van der Waals surface area contributed by atoms with E-state index in [1.807, 2.05) is 6.08 Å². The van der Waals surface area contributed by atoms with E-state index in [9.17, 15) is 0 Å². The topological polar surface area (TPSA) is 15.3 Å². The summed E-state index contributed by atoms with van der Waals surface area (Å²) in [7, 11) is 0. The molecule has 0 aromatic heterocycles. The molecule has 1 N–H and O–H groups in total. The molecule has 0 rings (SSSR count). The number of nitrogens with one attached hydrogen (secondary N) is 1. The fourth-order valence-corrected chi connectivity index (χ4v) is 2.09. The van der Waals surface area contributed by atoms with Crippen molar-refractivity contribution in [3.8, 4) is 0 Å². The zero-order valence-electron chi connectivity index (χ0n) is 12.9. The molecule has 0 radical (unpaired) electrons. The van der Waals surface area contributed by atoms with E-state index < -0.39 is 0 Å². The van der Waals surface area contributed by atoms with E-state index in [2.05, 4.69) is 65.3 Å². The third kappa shape index (κ3) is 6.23. The van der Waals surface area contributed by atoms with Crippen LogP contribution in [0.15, 0.2) is 12.7 Å². The van der Waals surface area contributed by atoms with Crippen LogP contribution < -0.4 is 5.32 Å². The average molecular weight is 240 g/mol. The second-order valence-corrected chi connectivity index (χ2v) is 6.39. The second-order valence-electron chi connectivity index (χ2n) is 6.39. The molecule has 0 heterocycles. The minimum Gasteiger partial charge on any atom is -0.314 e. The summed E-state index contributed by atoms with van der Waals surface area (Å²) in [6, 6.07) is 1.12. The Morgan fingerprint density at radius 1 is 1.18 bits per heavy atom. The predicted molar refractivity (Wildman–Crippen MR) is 78.4 cm³/mol. The summed E-state index contributed by atoms with van der Waals surface area (Å²) >= 11 is 0. The van der Waals surface area contributed by atoms with E-state index in [-0.39, 0.29) is 5.54 Å². The third-order valence-electron chi connectivity index (χ3n) is 3.35. The first-order valence-corrected chi connectivity index (χ1v) is 6.81. The normalized spacial score (nSPS) is 16.3. The lowest BCUT2D eigenvalue weighted by Crippen LogP contribution is -2.51. The Balaban J connectivity index is 4.49. The standard InChI is InChI=1S/C15H32N2/c1-9-10-17(15(6,7)8)14(5)13(4)11-16-12(2)3/h9,12-14,16H,1,10-11H2,2-8H3. The molecule has 17 heavy (non-hydrogen) atoms. The fourth-order valence-electron chi connectivity index (χ4n) is 2.09. The van der Waals surface area contributed by atoms with E-state index in [1.54, 1.807) is 0 Å². The molecule has 0 aliphatic heterocycles.